The van der Waals surface area contributed by atoms with Gasteiger partial charge in [0.1, 0.15) is 13.2 Å². The van der Waals surface area contributed by atoms with Gasteiger partial charge in [0.05, 0.1) is 0 Å². The van der Waals surface area contributed by atoms with E-state index in [1.165, 1.54) is 225 Å². The first kappa shape index (κ1) is 64.9. The molecule has 0 spiro atoms. The van der Waals surface area contributed by atoms with Gasteiger partial charge in [0.15, 0.2) is 6.10 Å². The Morgan fingerprint density at radius 3 is 0.821 bits per heavy atom. The molecule has 0 bridgehead atoms. The van der Waals surface area contributed by atoms with Crippen molar-refractivity contribution in [2.45, 2.75) is 335 Å². The smallest absolute Gasteiger partial charge is 0.306 e. The van der Waals surface area contributed by atoms with Gasteiger partial charge in [-0.05, 0) is 44.9 Å². The lowest BCUT2D eigenvalue weighted by Crippen LogP contribution is -2.30. The number of hydrogen-bond acceptors (Lipinski definition) is 6. The van der Waals surface area contributed by atoms with E-state index in [0.29, 0.717) is 19.3 Å². The first-order chi connectivity index (χ1) is 33.0. The zero-order valence-corrected chi connectivity index (χ0v) is 45.2. The summed E-state index contributed by atoms with van der Waals surface area (Å²) in [7, 11) is 0. The minimum absolute atomic E-state index is 0.0692. The van der Waals surface area contributed by atoms with Crippen LogP contribution in [0.15, 0.2) is 24.3 Å². The molecule has 0 heterocycles. The van der Waals surface area contributed by atoms with Crippen molar-refractivity contribution >= 4 is 17.9 Å². The molecular weight excluding hydrogens is 829 g/mol. The Morgan fingerprint density at radius 1 is 0.299 bits per heavy atom. The molecule has 0 fully saturated rings. The van der Waals surface area contributed by atoms with Gasteiger partial charge in [0, 0.05) is 19.3 Å². The molecule has 0 aliphatic rings. The highest BCUT2D eigenvalue weighted by Gasteiger charge is 2.19. The van der Waals surface area contributed by atoms with Crippen LogP contribution in [0.3, 0.4) is 0 Å². The molecule has 0 aliphatic carbocycles. The summed E-state index contributed by atoms with van der Waals surface area (Å²) in [6.45, 7) is 6.66. The standard InChI is InChI=1S/C61H114O6/c1-4-7-10-13-16-19-22-25-28-30-31-34-36-39-42-45-48-51-54-60(63)66-57-58(56-65-59(62)53-50-47-44-41-38-35-32-27-24-21-18-15-12-9-6-3)67-61(64)55-52-49-46-43-40-37-33-29-26-23-20-17-14-11-8-5-2/h18,21,24,27,58H,4-17,19-20,22-23,25-26,28-57H2,1-3H3/b21-18-,27-24-. The van der Waals surface area contributed by atoms with Crippen LogP contribution in [0.1, 0.15) is 329 Å². The van der Waals surface area contributed by atoms with Gasteiger partial charge in [-0.25, -0.2) is 0 Å². The summed E-state index contributed by atoms with van der Waals surface area (Å²) in [6, 6.07) is 0. The Hall–Kier alpha value is -2.11. The van der Waals surface area contributed by atoms with Gasteiger partial charge in [-0.1, -0.05) is 289 Å². The van der Waals surface area contributed by atoms with Crippen LogP contribution in [0.2, 0.25) is 0 Å². The number of rotatable bonds is 55. The van der Waals surface area contributed by atoms with Crippen LogP contribution < -0.4 is 0 Å². The molecule has 1 unspecified atom stereocenters. The summed E-state index contributed by atoms with van der Waals surface area (Å²) in [4.78, 5) is 38.2. The van der Waals surface area contributed by atoms with E-state index in [2.05, 4.69) is 45.1 Å². The molecule has 6 nitrogen and oxygen atoms in total. The van der Waals surface area contributed by atoms with Crippen LogP contribution in [-0.2, 0) is 28.6 Å². The molecule has 1 atom stereocenters. The molecule has 0 saturated heterocycles. The average Bonchev–Trinajstić information content (AvgIpc) is 3.33. The number of esters is 3. The Balaban J connectivity index is 4.32. The van der Waals surface area contributed by atoms with Crippen LogP contribution >= 0.6 is 0 Å². The van der Waals surface area contributed by atoms with Crippen LogP contribution in [0.5, 0.6) is 0 Å². The lowest BCUT2D eigenvalue weighted by Gasteiger charge is -2.18. The third-order valence-corrected chi connectivity index (χ3v) is 13.5. The number of carbonyl (C=O) groups excluding carboxylic acids is 3. The predicted molar refractivity (Wildman–Crippen MR) is 289 cm³/mol. The van der Waals surface area contributed by atoms with Crippen molar-refractivity contribution in [2.75, 3.05) is 13.2 Å². The fraction of sp³-hybridized carbons (Fsp3) is 0.885. The Morgan fingerprint density at radius 2 is 0.522 bits per heavy atom. The van der Waals surface area contributed by atoms with Crippen LogP contribution in [0, 0.1) is 0 Å². The van der Waals surface area contributed by atoms with E-state index in [1.807, 2.05) is 0 Å². The topological polar surface area (TPSA) is 78.9 Å². The number of carbonyl (C=O) groups is 3. The molecule has 0 aliphatic heterocycles. The molecule has 67 heavy (non-hydrogen) atoms. The van der Waals surface area contributed by atoms with E-state index in [0.717, 1.165) is 64.2 Å². The van der Waals surface area contributed by atoms with Crippen molar-refractivity contribution in [1.29, 1.82) is 0 Å². The first-order valence-corrected chi connectivity index (χ1v) is 29.9. The summed E-state index contributed by atoms with van der Waals surface area (Å²) in [5.74, 6) is -0.857. The second-order valence-corrected chi connectivity index (χ2v) is 20.3. The maximum atomic E-state index is 12.9. The Kier molecular flexibility index (Phi) is 54.7. The average molecular weight is 944 g/mol. The van der Waals surface area contributed by atoms with Gasteiger partial charge < -0.3 is 14.2 Å². The van der Waals surface area contributed by atoms with Gasteiger partial charge in [-0.15, -0.1) is 0 Å². The molecule has 0 radical (unpaired) electrons. The highest BCUT2D eigenvalue weighted by Crippen LogP contribution is 2.17. The number of allylic oxidation sites excluding steroid dienone is 4. The lowest BCUT2D eigenvalue weighted by atomic mass is 10.0. The minimum Gasteiger partial charge on any atom is -0.462 e. The van der Waals surface area contributed by atoms with E-state index in [1.54, 1.807) is 0 Å². The third kappa shape index (κ3) is 54.7. The monoisotopic (exact) mass is 943 g/mol. The zero-order chi connectivity index (χ0) is 48.6. The summed E-state index contributed by atoms with van der Waals surface area (Å²) < 4.78 is 16.9. The summed E-state index contributed by atoms with van der Waals surface area (Å²) in [5, 5.41) is 0. The molecule has 0 amide bonds. The molecule has 0 aromatic rings. The fourth-order valence-electron chi connectivity index (χ4n) is 8.97. The maximum Gasteiger partial charge on any atom is 0.306 e. The Labute approximate surface area is 417 Å². The zero-order valence-electron chi connectivity index (χ0n) is 45.2. The molecule has 0 rings (SSSR count). The van der Waals surface area contributed by atoms with Crippen molar-refractivity contribution in [2.24, 2.45) is 0 Å². The lowest BCUT2D eigenvalue weighted by molar-refractivity contribution is -0.167. The van der Waals surface area contributed by atoms with E-state index in [9.17, 15) is 14.4 Å². The molecule has 0 N–H and O–H groups in total. The fourth-order valence-corrected chi connectivity index (χ4v) is 8.97. The third-order valence-electron chi connectivity index (χ3n) is 13.5. The van der Waals surface area contributed by atoms with Gasteiger partial charge in [0.25, 0.3) is 0 Å². The molecule has 0 saturated carbocycles. The molecule has 6 heteroatoms. The van der Waals surface area contributed by atoms with Crippen LogP contribution in [0.4, 0.5) is 0 Å². The molecule has 0 aromatic carbocycles. The quantitative estimate of drug-likeness (QED) is 0.0262. The number of ether oxygens (including phenoxy) is 3. The Bertz CT molecular complexity index is 1080. The van der Waals surface area contributed by atoms with Crippen molar-refractivity contribution in [1.82, 2.24) is 0 Å². The maximum absolute atomic E-state index is 12.9. The summed E-state index contributed by atoms with van der Waals surface area (Å²) in [6.07, 6.45) is 65.9. The molecular formula is C61H114O6. The second-order valence-electron chi connectivity index (χ2n) is 20.3. The number of hydrogen-bond donors (Lipinski definition) is 0. The summed E-state index contributed by atoms with van der Waals surface area (Å²) in [5.41, 5.74) is 0. The van der Waals surface area contributed by atoms with Gasteiger partial charge in [-0.2, -0.15) is 0 Å². The van der Waals surface area contributed by atoms with Crippen LogP contribution in [0.25, 0.3) is 0 Å². The van der Waals surface area contributed by atoms with Gasteiger partial charge in [-0.3, -0.25) is 14.4 Å². The van der Waals surface area contributed by atoms with E-state index in [-0.39, 0.29) is 31.1 Å². The molecule has 0 aromatic heterocycles. The second kappa shape index (κ2) is 56.5. The van der Waals surface area contributed by atoms with Crippen molar-refractivity contribution in [3.63, 3.8) is 0 Å². The van der Waals surface area contributed by atoms with E-state index >= 15 is 0 Å². The highest BCUT2D eigenvalue weighted by atomic mass is 16.6. The minimum atomic E-state index is -0.771. The predicted octanol–water partition coefficient (Wildman–Crippen LogP) is 19.9. The molecule has 394 valence electrons. The number of unbranched alkanes of at least 4 members (excludes halogenated alkanes) is 41. The normalized spacial score (nSPS) is 12.1. The van der Waals surface area contributed by atoms with Crippen molar-refractivity contribution in [3.8, 4) is 0 Å². The van der Waals surface area contributed by atoms with Gasteiger partial charge in [0.2, 0.25) is 0 Å². The van der Waals surface area contributed by atoms with Crippen molar-refractivity contribution in [3.05, 3.63) is 24.3 Å². The van der Waals surface area contributed by atoms with E-state index < -0.39 is 6.10 Å². The first-order valence-electron chi connectivity index (χ1n) is 29.9. The highest BCUT2D eigenvalue weighted by molar-refractivity contribution is 5.71. The van der Waals surface area contributed by atoms with Crippen LogP contribution in [-0.4, -0.2) is 37.2 Å². The largest absolute Gasteiger partial charge is 0.462 e. The van der Waals surface area contributed by atoms with E-state index in [4.69, 9.17) is 14.2 Å². The van der Waals surface area contributed by atoms with Crippen molar-refractivity contribution < 1.29 is 28.6 Å². The van der Waals surface area contributed by atoms with Gasteiger partial charge >= 0.3 is 17.9 Å². The summed E-state index contributed by atoms with van der Waals surface area (Å²) >= 11 is 0. The SMILES string of the molecule is CCCCC/C=C\C=C/CCCCCCCCC(=O)OCC(COC(=O)CCCCCCCCCCCCCCCCCCCC)OC(=O)CCCCCCCCCCCCCCCCCC.